The average Bonchev–Trinajstić information content (AvgIpc) is 2.99. The van der Waals surface area contributed by atoms with E-state index in [2.05, 4.69) is 5.32 Å². The Morgan fingerprint density at radius 2 is 1.92 bits per heavy atom. The van der Waals surface area contributed by atoms with Gasteiger partial charge >= 0.3 is 0 Å². The van der Waals surface area contributed by atoms with Gasteiger partial charge in [-0.1, -0.05) is 24.3 Å². The molecule has 7 heteroatoms. The lowest BCUT2D eigenvalue weighted by Crippen LogP contribution is -2.25. The van der Waals surface area contributed by atoms with Gasteiger partial charge in [0.05, 0.1) is 10.1 Å². The van der Waals surface area contributed by atoms with Gasteiger partial charge in [-0.2, -0.15) is 0 Å². The zero-order chi connectivity index (χ0) is 17.3. The number of rotatable bonds is 4. The summed E-state index contributed by atoms with van der Waals surface area (Å²) in [5, 5.41) is 2.63. The monoisotopic (exact) mass is 362 g/mol. The molecule has 126 valence electrons. The lowest BCUT2D eigenvalue weighted by molar-refractivity contribution is -0.115. The highest BCUT2D eigenvalue weighted by Crippen LogP contribution is 2.37. The minimum absolute atomic E-state index is 0.115. The Morgan fingerprint density at radius 1 is 1.17 bits per heavy atom. The molecule has 0 aromatic heterocycles. The number of hydrogen-bond acceptors (Lipinski definition) is 4. The van der Waals surface area contributed by atoms with Crippen molar-refractivity contribution in [3.8, 4) is 0 Å². The van der Waals surface area contributed by atoms with Crippen molar-refractivity contribution in [1.29, 1.82) is 0 Å². The summed E-state index contributed by atoms with van der Waals surface area (Å²) in [7, 11) is -0.563. The van der Waals surface area contributed by atoms with Gasteiger partial charge in [0.1, 0.15) is 0 Å². The van der Waals surface area contributed by atoms with Crippen LogP contribution in [0.15, 0.2) is 58.3 Å². The summed E-state index contributed by atoms with van der Waals surface area (Å²) in [5.41, 5.74) is 1.66. The van der Waals surface area contributed by atoms with Crippen LogP contribution in [0.1, 0.15) is 5.56 Å². The van der Waals surface area contributed by atoms with Crippen LogP contribution < -0.4 is 5.32 Å². The predicted octanol–water partition coefficient (Wildman–Crippen LogP) is 2.59. The molecule has 0 bridgehead atoms. The van der Waals surface area contributed by atoms with E-state index in [1.165, 1.54) is 43.6 Å². The topological polar surface area (TPSA) is 66.5 Å². The van der Waals surface area contributed by atoms with Crippen molar-refractivity contribution in [2.45, 2.75) is 21.5 Å². The SMILES string of the molecule is CN(C)S(=O)(=O)c1cccc(NC(=O)[C@@H]2Cc3ccccc3S2)c1. The summed E-state index contributed by atoms with van der Waals surface area (Å²) in [6.45, 7) is 0. The van der Waals surface area contributed by atoms with Crippen LogP contribution in [0.5, 0.6) is 0 Å². The first-order valence-electron chi connectivity index (χ1n) is 7.46. The van der Waals surface area contributed by atoms with E-state index in [0.29, 0.717) is 12.1 Å². The number of thioether (sulfide) groups is 1. The Morgan fingerprint density at radius 3 is 2.62 bits per heavy atom. The molecule has 1 N–H and O–H groups in total. The summed E-state index contributed by atoms with van der Waals surface area (Å²) >= 11 is 1.54. The zero-order valence-corrected chi connectivity index (χ0v) is 15.0. The fourth-order valence-electron chi connectivity index (χ4n) is 2.50. The Kier molecular flexibility index (Phi) is 4.67. The van der Waals surface area contributed by atoms with Crippen LogP contribution in [0.25, 0.3) is 0 Å². The van der Waals surface area contributed by atoms with E-state index in [1.807, 2.05) is 24.3 Å². The smallest absolute Gasteiger partial charge is 0.242 e. The molecule has 24 heavy (non-hydrogen) atoms. The van der Waals surface area contributed by atoms with Crippen LogP contribution >= 0.6 is 11.8 Å². The standard InChI is InChI=1S/C17H18N2O3S2/c1-19(2)24(21,22)14-8-5-7-13(11-14)18-17(20)16-10-12-6-3-4-9-15(12)23-16/h3-9,11,16H,10H2,1-2H3,(H,18,20)/t16-/m0/s1. The van der Waals surface area contributed by atoms with Crippen LogP contribution in [0, 0.1) is 0 Å². The molecular formula is C17H18N2O3S2. The average molecular weight is 362 g/mol. The summed E-state index contributed by atoms with van der Waals surface area (Å²) in [6.07, 6.45) is 0.683. The number of carbonyl (C=O) groups excluding carboxylic acids is 1. The lowest BCUT2D eigenvalue weighted by atomic mass is 10.1. The molecule has 1 aliphatic rings. The number of carbonyl (C=O) groups is 1. The maximum atomic E-state index is 12.5. The van der Waals surface area contributed by atoms with Gasteiger partial charge in [-0.05, 0) is 36.2 Å². The number of fused-ring (bicyclic) bond motifs is 1. The minimum atomic E-state index is -3.52. The van der Waals surface area contributed by atoms with Gasteiger partial charge in [-0.3, -0.25) is 4.79 Å². The maximum absolute atomic E-state index is 12.5. The van der Waals surface area contributed by atoms with Gasteiger partial charge in [-0.25, -0.2) is 12.7 Å². The summed E-state index contributed by atoms with van der Waals surface area (Å²) in [4.78, 5) is 13.8. The first-order chi connectivity index (χ1) is 11.4. The van der Waals surface area contributed by atoms with E-state index in [-0.39, 0.29) is 16.1 Å². The van der Waals surface area contributed by atoms with Crippen molar-refractivity contribution in [3.05, 3.63) is 54.1 Å². The largest absolute Gasteiger partial charge is 0.325 e. The van der Waals surface area contributed by atoms with Crippen molar-refractivity contribution >= 4 is 33.4 Å². The second-order valence-corrected chi connectivity index (χ2v) is 9.12. The maximum Gasteiger partial charge on any atom is 0.242 e. The third-order valence-corrected chi connectivity index (χ3v) is 6.95. The summed E-state index contributed by atoms with van der Waals surface area (Å²) in [5.74, 6) is -0.115. The van der Waals surface area contributed by atoms with Gasteiger partial charge in [0.15, 0.2) is 0 Å². The van der Waals surface area contributed by atoms with Crippen LogP contribution in [0.3, 0.4) is 0 Å². The van der Waals surface area contributed by atoms with Gasteiger partial charge in [0, 0.05) is 24.7 Å². The molecule has 0 unspecified atom stereocenters. The summed E-state index contributed by atoms with van der Waals surface area (Å²) in [6, 6.07) is 14.3. The van der Waals surface area contributed by atoms with Crippen LogP contribution in [0.2, 0.25) is 0 Å². The molecule has 0 aliphatic carbocycles. The number of nitrogens with zero attached hydrogens (tertiary/aromatic N) is 1. The molecule has 0 saturated carbocycles. The first kappa shape index (κ1) is 17.0. The number of benzene rings is 2. The third-order valence-electron chi connectivity index (χ3n) is 3.82. The van der Waals surface area contributed by atoms with Crippen molar-refractivity contribution in [3.63, 3.8) is 0 Å². The Labute approximate surface area is 146 Å². The van der Waals surface area contributed by atoms with E-state index in [9.17, 15) is 13.2 Å². The van der Waals surface area contributed by atoms with E-state index in [0.717, 1.165) is 9.20 Å². The van der Waals surface area contributed by atoms with E-state index >= 15 is 0 Å². The highest BCUT2D eigenvalue weighted by molar-refractivity contribution is 8.01. The second-order valence-electron chi connectivity index (χ2n) is 5.72. The number of anilines is 1. The number of hydrogen-bond donors (Lipinski definition) is 1. The molecule has 1 heterocycles. The quantitative estimate of drug-likeness (QED) is 0.908. The fourth-order valence-corrected chi connectivity index (χ4v) is 4.64. The highest BCUT2D eigenvalue weighted by Gasteiger charge is 2.28. The van der Waals surface area contributed by atoms with E-state index in [1.54, 1.807) is 12.1 Å². The molecule has 1 atom stereocenters. The molecular weight excluding hydrogens is 344 g/mol. The van der Waals surface area contributed by atoms with Gasteiger partial charge in [-0.15, -0.1) is 11.8 Å². The highest BCUT2D eigenvalue weighted by atomic mass is 32.2. The normalized spacial score (nSPS) is 16.9. The molecule has 0 fully saturated rings. The van der Waals surface area contributed by atoms with Gasteiger partial charge in [0.25, 0.3) is 0 Å². The van der Waals surface area contributed by atoms with Crippen molar-refractivity contribution in [1.82, 2.24) is 4.31 Å². The lowest BCUT2D eigenvalue weighted by Gasteiger charge is -2.14. The molecule has 0 saturated heterocycles. The molecule has 2 aromatic rings. The van der Waals surface area contributed by atoms with E-state index in [4.69, 9.17) is 0 Å². The van der Waals surface area contributed by atoms with Crippen molar-refractivity contribution in [2.24, 2.45) is 0 Å². The zero-order valence-electron chi connectivity index (χ0n) is 13.4. The van der Waals surface area contributed by atoms with Crippen LogP contribution in [0.4, 0.5) is 5.69 Å². The van der Waals surface area contributed by atoms with Gasteiger partial charge < -0.3 is 5.32 Å². The fraction of sp³-hybridized carbons (Fsp3) is 0.235. The molecule has 0 radical (unpaired) electrons. The summed E-state index contributed by atoms with van der Waals surface area (Å²) < 4.78 is 25.5. The molecule has 5 nitrogen and oxygen atoms in total. The molecule has 1 amide bonds. The number of amides is 1. The van der Waals surface area contributed by atoms with Crippen LogP contribution in [-0.4, -0.2) is 38.0 Å². The Bertz CT molecular complexity index is 854. The molecule has 1 aliphatic heterocycles. The number of sulfonamides is 1. The number of nitrogens with one attached hydrogen (secondary N) is 1. The molecule has 2 aromatic carbocycles. The van der Waals surface area contributed by atoms with Crippen molar-refractivity contribution < 1.29 is 13.2 Å². The van der Waals surface area contributed by atoms with E-state index < -0.39 is 10.0 Å². The van der Waals surface area contributed by atoms with Gasteiger partial charge in [0.2, 0.25) is 15.9 Å². The Balaban J connectivity index is 1.75. The minimum Gasteiger partial charge on any atom is -0.325 e. The third kappa shape index (κ3) is 3.33. The predicted molar refractivity (Wildman–Crippen MR) is 95.7 cm³/mol. The van der Waals surface area contributed by atoms with Crippen molar-refractivity contribution in [2.75, 3.05) is 19.4 Å². The second kappa shape index (κ2) is 6.58. The molecule has 0 spiro atoms. The Hall–Kier alpha value is -1.83. The first-order valence-corrected chi connectivity index (χ1v) is 9.78. The molecule has 3 rings (SSSR count). The van der Waals surface area contributed by atoms with Crippen LogP contribution in [-0.2, 0) is 21.2 Å².